The molecule has 0 amide bonds. The Bertz CT molecular complexity index is 379. The van der Waals surface area contributed by atoms with Crippen LogP contribution in [0.3, 0.4) is 0 Å². The molecule has 0 aromatic rings. The Kier molecular flexibility index (Phi) is 27.4. The molecule has 0 saturated carbocycles. The summed E-state index contributed by atoms with van der Waals surface area (Å²) in [5.74, 6) is -0.251. The van der Waals surface area contributed by atoms with E-state index in [4.69, 9.17) is 44.0 Å². The maximum atomic E-state index is 11.6. The molecule has 0 aliphatic carbocycles. The monoisotopic (exact) mass is 468 g/mol. The van der Waals surface area contributed by atoms with E-state index in [9.17, 15) is 4.79 Å². The van der Waals surface area contributed by atoms with E-state index in [2.05, 4.69) is 5.32 Å². The van der Waals surface area contributed by atoms with Crippen LogP contribution in [0.15, 0.2) is 0 Å². The van der Waals surface area contributed by atoms with Crippen LogP contribution >= 0.6 is 0 Å². The number of nitrogens with one attached hydrogen (secondary N) is 1. The van der Waals surface area contributed by atoms with Gasteiger partial charge in [0.2, 0.25) is 0 Å². The van der Waals surface area contributed by atoms with E-state index >= 15 is 0 Å². The van der Waals surface area contributed by atoms with E-state index in [0.29, 0.717) is 98.8 Å². The summed E-state index contributed by atoms with van der Waals surface area (Å²) in [6.45, 7) is 8.24. The molecule has 0 atom stereocenters. The van der Waals surface area contributed by atoms with Crippen LogP contribution in [0.2, 0.25) is 0 Å². The SMILES string of the molecule is NCCCOCCOCCOCCCNCCC(=O)OCCOCCOCCOCCO. The molecule has 0 unspecified atom stereocenters. The third-order valence-corrected chi connectivity index (χ3v) is 3.86. The molecule has 0 fully saturated rings. The maximum Gasteiger partial charge on any atom is 0.307 e. The zero-order valence-electron chi connectivity index (χ0n) is 19.4. The summed E-state index contributed by atoms with van der Waals surface area (Å²) < 4.78 is 36.9. The first-order valence-electron chi connectivity index (χ1n) is 11.4. The molecule has 0 aliphatic rings. The van der Waals surface area contributed by atoms with E-state index in [1.165, 1.54) is 0 Å². The Hall–Kier alpha value is -0.890. The highest BCUT2D eigenvalue weighted by atomic mass is 16.6. The Balaban J connectivity index is 3.13. The van der Waals surface area contributed by atoms with Gasteiger partial charge in [-0.1, -0.05) is 0 Å². The van der Waals surface area contributed by atoms with Gasteiger partial charge in [0.1, 0.15) is 6.61 Å². The van der Waals surface area contributed by atoms with E-state index < -0.39 is 0 Å². The first kappa shape index (κ1) is 31.1. The predicted octanol–water partition coefficient (Wildman–Crippen LogP) is -0.660. The van der Waals surface area contributed by atoms with Gasteiger partial charge in [-0.25, -0.2) is 0 Å². The van der Waals surface area contributed by atoms with Crippen molar-refractivity contribution in [1.82, 2.24) is 5.32 Å². The molecule has 0 aromatic heterocycles. The Labute approximate surface area is 192 Å². The summed E-state index contributed by atoms with van der Waals surface area (Å²) >= 11 is 0. The summed E-state index contributed by atoms with van der Waals surface area (Å²) in [6, 6.07) is 0. The van der Waals surface area contributed by atoms with Crippen molar-refractivity contribution in [3.05, 3.63) is 0 Å². The standard InChI is InChI=1S/C21H44N2O9/c22-4-1-8-26-11-14-29-15-12-27-9-2-5-23-6-3-21(25)32-20-19-31-18-17-30-16-13-28-10-7-24/h23-24H,1-20,22H2. The zero-order chi connectivity index (χ0) is 23.4. The summed E-state index contributed by atoms with van der Waals surface area (Å²) in [5, 5.41) is 11.7. The molecule has 0 bridgehead atoms. The van der Waals surface area contributed by atoms with Crippen molar-refractivity contribution < 1.29 is 43.1 Å². The average Bonchev–Trinajstić information content (AvgIpc) is 2.80. The molecule has 0 saturated heterocycles. The number of aliphatic hydroxyl groups is 1. The van der Waals surface area contributed by atoms with Crippen LogP contribution in [0.1, 0.15) is 19.3 Å². The second-order valence-corrected chi connectivity index (χ2v) is 6.61. The lowest BCUT2D eigenvalue weighted by molar-refractivity contribution is -0.145. The van der Waals surface area contributed by atoms with Crippen LogP contribution in [-0.4, -0.2) is 123 Å². The van der Waals surface area contributed by atoms with Gasteiger partial charge in [0.05, 0.1) is 79.1 Å². The van der Waals surface area contributed by atoms with Gasteiger partial charge in [0, 0.05) is 19.8 Å². The highest BCUT2D eigenvalue weighted by Crippen LogP contribution is 1.89. The van der Waals surface area contributed by atoms with Crippen LogP contribution in [-0.2, 0) is 38.0 Å². The molecule has 11 nitrogen and oxygen atoms in total. The van der Waals surface area contributed by atoms with Gasteiger partial charge < -0.3 is 49.3 Å². The van der Waals surface area contributed by atoms with Crippen molar-refractivity contribution in [2.45, 2.75) is 19.3 Å². The smallest absolute Gasteiger partial charge is 0.307 e. The fourth-order valence-corrected chi connectivity index (χ4v) is 2.23. The number of carbonyl (C=O) groups is 1. The number of hydrogen-bond donors (Lipinski definition) is 3. The first-order valence-corrected chi connectivity index (χ1v) is 11.4. The molecular formula is C21H44N2O9. The van der Waals surface area contributed by atoms with Gasteiger partial charge in [-0.2, -0.15) is 0 Å². The van der Waals surface area contributed by atoms with Crippen LogP contribution < -0.4 is 11.1 Å². The quantitative estimate of drug-likeness (QED) is 0.105. The minimum absolute atomic E-state index is 0.0112. The molecule has 0 heterocycles. The molecule has 192 valence electrons. The van der Waals surface area contributed by atoms with Gasteiger partial charge in [-0.3, -0.25) is 4.79 Å². The van der Waals surface area contributed by atoms with Crippen LogP contribution in [0.4, 0.5) is 0 Å². The number of carbonyl (C=O) groups excluding carboxylic acids is 1. The number of ether oxygens (including phenoxy) is 7. The van der Waals surface area contributed by atoms with Crippen molar-refractivity contribution in [3.63, 3.8) is 0 Å². The van der Waals surface area contributed by atoms with Crippen molar-refractivity contribution in [2.24, 2.45) is 5.73 Å². The molecule has 4 N–H and O–H groups in total. The second-order valence-electron chi connectivity index (χ2n) is 6.61. The molecule has 32 heavy (non-hydrogen) atoms. The second kappa shape index (κ2) is 28.1. The third kappa shape index (κ3) is 27.1. The zero-order valence-corrected chi connectivity index (χ0v) is 19.4. The van der Waals surface area contributed by atoms with Gasteiger partial charge in [-0.05, 0) is 25.9 Å². The fourth-order valence-electron chi connectivity index (χ4n) is 2.23. The molecule has 0 spiro atoms. The largest absolute Gasteiger partial charge is 0.463 e. The number of aliphatic hydroxyl groups excluding tert-OH is 1. The van der Waals surface area contributed by atoms with E-state index in [0.717, 1.165) is 19.4 Å². The molecular weight excluding hydrogens is 424 g/mol. The van der Waals surface area contributed by atoms with Crippen LogP contribution in [0.25, 0.3) is 0 Å². The van der Waals surface area contributed by atoms with Crippen molar-refractivity contribution in [3.8, 4) is 0 Å². The summed E-state index contributed by atoms with van der Waals surface area (Å²) in [5.41, 5.74) is 5.37. The molecule has 0 rings (SSSR count). The lowest BCUT2D eigenvalue weighted by Gasteiger charge is -2.08. The summed E-state index contributed by atoms with van der Waals surface area (Å²) in [4.78, 5) is 11.6. The molecule has 0 aliphatic heterocycles. The Morgan fingerprint density at radius 2 is 1.09 bits per heavy atom. The average molecular weight is 469 g/mol. The minimum atomic E-state index is -0.251. The first-order chi connectivity index (χ1) is 15.8. The number of nitrogens with two attached hydrogens (primary N) is 1. The summed E-state index contributed by atoms with van der Waals surface area (Å²) in [7, 11) is 0. The number of hydrogen-bond acceptors (Lipinski definition) is 11. The van der Waals surface area contributed by atoms with Crippen molar-refractivity contribution in [2.75, 3.05) is 112 Å². The third-order valence-electron chi connectivity index (χ3n) is 3.86. The van der Waals surface area contributed by atoms with E-state index in [1.54, 1.807) is 0 Å². The van der Waals surface area contributed by atoms with Crippen LogP contribution in [0.5, 0.6) is 0 Å². The van der Waals surface area contributed by atoms with Gasteiger partial charge in [0.15, 0.2) is 0 Å². The van der Waals surface area contributed by atoms with E-state index in [1.807, 2.05) is 0 Å². The van der Waals surface area contributed by atoms with Crippen LogP contribution in [0, 0.1) is 0 Å². The minimum Gasteiger partial charge on any atom is -0.463 e. The van der Waals surface area contributed by atoms with Gasteiger partial charge in [-0.15, -0.1) is 0 Å². The van der Waals surface area contributed by atoms with E-state index in [-0.39, 0.29) is 19.2 Å². The normalized spacial score (nSPS) is 11.2. The number of rotatable bonds is 27. The highest BCUT2D eigenvalue weighted by Gasteiger charge is 2.02. The lowest BCUT2D eigenvalue weighted by Crippen LogP contribution is -2.22. The van der Waals surface area contributed by atoms with Crippen molar-refractivity contribution >= 4 is 5.97 Å². The van der Waals surface area contributed by atoms with Crippen molar-refractivity contribution in [1.29, 1.82) is 0 Å². The highest BCUT2D eigenvalue weighted by molar-refractivity contribution is 5.69. The number of esters is 1. The Morgan fingerprint density at radius 3 is 1.62 bits per heavy atom. The lowest BCUT2D eigenvalue weighted by atomic mass is 10.4. The topological polar surface area (TPSA) is 140 Å². The molecule has 11 heteroatoms. The van der Waals surface area contributed by atoms with Gasteiger partial charge >= 0.3 is 5.97 Å². The molecule has 0 radical (unpaired) electrons. The summed E-state index contributed by atoms with van der Waals surface area (Å²) in [6.07, 6.45) is 2.05. The van der Waals surface area contributed by atoms with Gasteiger partial charge in [0.25, 0.3) is 0 Å². The fraction of sp³-hybridized carbons (Fsp3) is 0.952. The molecule has 0 aromatic carbocycles. The predicted molar refractivity (Wildman–Crippen MR) is 119 cm³/mol. The Morgan fingerprint density at radius 1 is 0.625 bits per heavy atom. The maximum absolute atomic E-state index is 11.6.